The van der Waals surface area contributed by atoms with E-state index in [1.54, 1.807) is 24.5 Å². The summed E-state index contributed by atoms with van der Waals surface area (Å²) < 4.78 is 0. The number of nitrogens with zero attached hydrogens (tertiary/aromatic N) is 4. The molecule has 1 saturated heterocycles. The summed E-state index contributed by atoms with van der Waals surface area (Å²) in [6, 6.07) is 17.4. The van der Waals surface area contributed by atoms with Crippen LogP contribution >= 0.6 is 35.0 Å². The van der Waals surface area contributed by atoms with Crippen molar-refractivity contribution in [3.63, 3.8) is 0 Å². The molecule has 0 unspecified atom stereocenters. The summed E-state index contributed by atoms with van der Waals surface area (Å²) in [7, 11) is 0. The molecule has 6 nitrogen and oxygen atoms in total. The van der Waals surface area contributed by atoms with Gasteiger partial charge in [-0.25, -0.2) is 9.97 Å². The lowest BCUT2D eigenvalue weighted by Crippen LogP contribution is -2.46. The summed E-state index contributed by atoms with van der Waals surface area (Å²) >= 11 is 13.3. The van der Waals surface area contributed by atoms with Crippen molar-refractivity contribution in [1.82, 2.24) is 9.97 Å². The Kier molecular flexibility index (Phi) is 7.17. The number of aromatic nitrogens is 2. The van der Waals surface area contributed by atoms with Crippen LogP contribution in [0.5, 0.6) is 0 Å². The van der Waals surface area contributed by atoms with Gasteiger partial charge in [0.2, 0.25) is 5.91 Å². The summed E-state index contributed by atoms with van der Waals surface area (Å²) in [5.41, 5.74) is 1.86. The third-order valence-electron chi connectivity index (χ3n) is 4.91. The Morgan fingerprint density at radius 3 is 2.42 bits per heavy atom. The van der Waals surface area contributed by atoms with E-state index in [1.807, 2.05) is 12.1 Å². The lowest BCUT2D eigenvalue weighted by atomic mass is 10.2. The zero-order chi connectivity index (χ0) is 21.6. The molecule has 0 radical (unpaired) electrons. The molecule has 0 atom stereocenters. The first-order valence-electron chi connectivity index (χ1n) is 9.83. The molecule has 4 rings (SSSR count). The van der Waals surface area contributed by atoms with E-state index in [9.17, 15) is 4.79 Å². The highest BCUT2D eigenvalue weighted by Gasteiger charge is 2.19. The molecule has 0 spiro atoms. The maximum Gasteiger partial charge on any atom is 0.234 e. The predicted octanol–water partition coefficient (Wildman–Crippen LogP) is 4.84. The summed E-state index contributed by atoms with van der Waals surface area (Å²) in [5, 5.41) is 4.43. The van der Waals surface area contributed by atoms with Crippen LogP contribution in [0.3, 0.4) is 0 Å². The highest BCUT2D eigenvalue weighted by Crippen LogP contribution is 2.26. The molecule has 1 aromatic heterocycles. The maximum atomic E-state index is 12.3. The number of carbonyl (C=O) groups is 1. The number of amides is 1. The molecule has 31 heavy (non-hydrogen) atoms. The molecular formula is C22H21Cl2N5OS. The number of carbonyl (C=O) groups excluding carboxylic acids is 1. The van der Waals surface area contributed by atoms with Crippen LogP contribution in [-0.2, 0) is 4.79 Å². The average Bonchev–Trinajstić information content (AvgIpc) is 2.81. The first-order chi connectivity index (χ1) is 15.1. The van der Waals surface area contributed by atoms with E-state index < -0.39 is 0 Å². The molecular weight excluding hydrogens is 453 g/mol. The number of hydrogen-bond acceptors (Lipinski definition) is 6. The number of anilines is 3. The Labute approximate surface area is 195 Å². The maximum absolute atomic E-state index is 12.3. The average molecular weight is 474 g/mol. The topological polar surface area (TPSA) is 61.4 Å². The van der Waals surface area contributed by atoms with Crippen molar-refractivity contribution in [3.8, 4) is 0 Å². The van der Waals surface area contributed by atoms with Gasteiger partial charge in [-0.15, -0.1) is 0 Å². The fourth-order valence-corrected chi connectivity index (χ4v) is 4.28. The predicted molar refractivity (Wildman–Crippen MR) is 129 cm³/mol. The number of para-hydroxylation sites is 1. The highest BCUT2D eigenvalue weighted by molar-refractivity contribution is 7.99. The Morgan fingerprint density at radius 1 is 0.935 bits per heavy atom. The Bertz CT molecular complexity index is 1050. The van der Waals surface area contributed by atoms with E-state index in [0.717, 1.165) is 37.0 Å². The minimum atomic E-state index is -0.139. The van der Waals surface area contributed by atoms with Crippen LogP contribution in [0, 0.1) is 0 Å². The van der Waals surface area contributed by atoms with E-state index in [4.69, 9.17) is 23.2 Å². The Hall–Kier alpha value is -2.48. The van der Waals surface area contributed by atoms with Gasteiger partial charge in [-0.3, -0.25) is 4.79 Å². The van der Waals surface area contributed by atoms with Crippen LogP contribution in [0.2, 0.25) is 10.0 Å². The number of hydrogen-bond donors (Lipinski definition) is 1. The van der Waals surface area contributed by atoms with Crippen LogP contribution in [0.4, 0.5) is 17.2 Å². The molecule has 1 aliphatic heterocycles. The van der Waals surface area contributed by atoms with Gasteiger partial charge >= 0.3 is 0 Å². The van der Waals surface area contributed by atoms with Crippen molar-refractivity contribution in [2.24, 2.45) is 0 Å². The van der Waals surface area contributed by atoms with Gasteiger partial charge in [-0.2, -0.15) is 0 Å². The van der Waals surface area contributed by atoms with Gasteiger partial charge in [-0.1, -0.05) is 53.2 Å². The number of piperazine rings is 1. The van der Waals surface area contributed by atoms with Crippen molar-refractivity contribution >= 4 is 58.1 Å². The van der Waals surface area contributed by atoms with Gasteiger partial charge in [0, 0.05) is 43.6 Å². The van der Waals surface area contributed by atoms with E-state index in [1.165, 1.54) is 17.4 Å². The highest BCUT2D eigenvalue weighted by atomic mass is 35.5. The third kappa shape index (κ3) is 5.81. The normalized spacial score (nSPS) is 13.9. The van der Waals surface area contributed by atoms with Gasteiger partial charge in [0.1, 0.15) is 17.2 Å². The second-order valence-corrected chi connectivity index (χ2v) is 8.80. The monoisotopic (exact) mass is 473 g/mol. The molecule has 1 N–H and O–H groups in total. The van der Waals surface area contributed by atoms with Crippen LogP contribution in [-0.4, -0.2) is 47.8 Å². The second kappa shape index (κ2) is 10.2. The number of halogens is 2. The lowest BCUT2D eigenvalue weighted by Gasteiger charge is -2.36. The first-order valence-corrected chi connectivity index (χ1v) is 11.6. The minimum absolute atomic E-state index is 0.139. The van der Waals surface area contributed by atoms with E-state index in [0.29, 0.717) is 15.7 Å². The van der Waals surface area contributed by atoms with Gasteiger partial charge < -0.3 is 15.1 Å². The zero-order valence-electron chi connectivity index (χ0n) is 16.7. The van der Waals surface area contributed by atoms with Crippen molar-refractivity contribution in [1.29, 1.82) is 0 Å². The summed E-state index contributed by atoms with van der Waals surface area (Å²) in [4.78, 5) is 25.6. The molecule has 0 saturated carbocycles. The molecule has 0 aliphatic carbocycles. The molecule has 3 aromatic rings. The zero-order valence-corrected chi connectivity index (χ0v) is 19.0. The van der Waals surface area contributed by atoms with Crippen LogP contribution in [0.25, 0.3) is 0 Å². The van der Waals surface area contributed by atoms with Crippen LogP contribution in [0.1, 0.15) is 0 Å². The molecule has 1 fully saturated rings. The molecule has 9 heteroatoms. The van der Waals surface area contributed by atoms with Crippen LogP contribution < -0.4 is 15.1 Å². The third-order valence-corrected chi connectivity index (χ3v) is 6.57. The largest absolute Gasteiger partial charge is 0.368 e. The smallest absolute Gasteiger partial charge is 0.234 e. The van der Waals surface area contributed by atoms with Crippen LogP contribution in [0.15, 0.2) is 66.0 Å². The van der Waals surface area contributed by atoms with Crippen molar-refractivity contribution in [2.75, 3.05) is 47.0 Å². The van der Waals surface area contributed by atoms with Gasteiger partial charge in [0.25, 0.3) is 0 Å². The van der Waals surface area contributed by atoms with Gasteiger partial charge in [0.05, 0.1) is 15.8 Å². The summed E-state index contributed by atoms with van der Waals surface area (Å²) in [6.45, 7) is 3.63. The summed E-state index contributed by atoms with van der Waals surface area (Å²) in [6.07, 6.45) is 1.55. The standard InChI is InChI=1S/C22H21Cl2N5OS/c23-18-7-6-16(12-19(18)24)27-21(30)14-31-22-13-20(25-15-26-22)29-10-8-28(9-11-29)17-4-2-1-3-5-17/h1-7,12-13,15H,8-11,14H2,(H,27,30). The number of nitrogens with one attached hydrogen (secondary N) is 1. The van der Waals surface area contributed by atoms with Crippen molar-refractivity contribution in [3.05, 3.63) is 71.0 Å². The molecule has 1 amide bonds. The Morgan fingerprint density at radius 2 is 1.68 bits per heavy atom. The van der Waals surface area contributed by atoms with Gasteiger partial charge in [0.15, 0.2) is 0 Å². The Balaban J connectivity index is 1.30. The fourth-order valence-electron chi connectivity index (χ4n) is 3.32. The van der Waals surface area contributed by atoms with Gasteiger partial charge in [-0.05, 0) is 30.3 Å². The number of rotatable bonds is 6. The fraction of sp³-hybridized carbons (Fsp3) is 0.227. The quantitative estimate of drug-likeness (QED) is 0.408. The first kappa shape index (κ1) is 21.7. The lowest BCUT2D eigenvalue weighted by molar-refractivity contribution is -0.113. The molecule has 0 bridgehead atoms. The van der Waals surface area contributed by atoms with E-state index >= 15 is 0 Å². The van der Waals surface area contributed by atoms with Crippen molar-refractivity contribution in [2.45, 2.75) is 5.03 Å². The molecule has 2 aromatic carbocycles. The number of thioether (sulfide) groups is 1. The minimum Gasteiger partial charge on any atom is -0.368 e. The van der Waals surface area contributed by atoms with E-state index in [2.05, 4.69) is 49.4 Å². The second-order valence-electron chi connectivity index (χ2n) is 6.99. The van der Waals surface area contributed by atoms with E-state index in [-0.39, 0.29) is 11.7 Å². The molecule has 2 heterocycles. The SMILES string of the molecule is O=C(CSc1cc(N2CCN(c3ccccc3)CC2)ncn1)Nc1ccc(Cl)c(Cl)c1. The summed E-state index contributed by atoms with van der Waals surface area (Å²) in [5.74, 6) is 0.980. The molecule has 160 valence electrons. The number of benzene rings is 2. The van der Waals surface area contributed by atoms with Crippen molar-refractivity contribution < 1.29 is 4.79 Å². The molecule has 1 aliphatic rings.